The maximum Gasteiger partial charge on any atom is 0.408 e. The smallest absolute Gasteiger partial charge is 0.408 e. The van der Waals surface area contributed by atoms with Crippen molar-refractivity contribution in [3.05, 3.63) is 70.9 Å². The summed E-state index contributed by atoms with van der Waals surface area (Å²) in [5, 5.41) is 19.4. The molecule has 15 heteroatoms. The molecule has 1 aromatic heterocycles. The summed E-state index contributed by atoms with van der Waals surface area (Å²) in [5.74, 6) is -0.870. The Morgan fingerprint density at radius 2 is 1.66 bits per heavy atom. The Morgan fingerprint density at radius 3 is 2.28 bits per heavy atom. The second kappa shape index (κ2) is 21.7. The van der Waals surface area contributed by atoms with E-state index in [0.29, 0.717) is 12.2 Å². The molecular formula is C46H66N6O8S. The summed E-state index contributed by atoms with van der Waals surface area (Å²) in [6.07, 6.45) is 1.68. The number of aryl methyl sites for hydroxylation is 2. The molecule has 1 aliphatic heterocycles. The lowest BCUT2D eigenvalue weighted by Gasteiger charge is -2.35. The van der Waals surface area contributed by atoms with Crippen LogP contribution in [-0.4, -0.2) is 87.2 Å². The molecule has 14 nitrogen and oxygen atoms in total. The molecule has 3 aromatic rings. The number of nitrogens with two attached hydrogens (primary N) is 1. The molecule has 2 heterocycles. The van der Waals surface area contributed by atoms with Gasteiger partial charge in [-0.1, -0.05) is 63.6 Å². The third-order valence-electron chi connectivity index (χ3n) is 10.6. The number of unbranched alkanes of at least 4 members (excludes halogenated alkanes) is 2. The molecule has 1 saturated heterocycles. The Kier molecular flexibility index (Phi) is 17.3. The van der Waals surface area contributed by atoms with E-state index in [0.717, 1.165) is 46.5 Å². The number of nitrogens with zero attached hydrogens (tertiary/aromatic N) is 2. The highest BCUT2D eigenvalue weighted by molar-refractivity contribution is 7.13. The number of likely N-dealkylation sites (tertiary alicyclic amines) is 1. The molecule has 4 rings (SSSR count). The number of aliphatic hydroxyl groups excluding tert-OH is 1. The second-order valence-electron chi connectivity index (χ2n) is 18.2. The van der Waals surface area contributed by atoms with Crippen LogP contribution in [0, 0.1) is 12.3 Å². The van der Waals surface area contributed by atoms with Gasteiger partial charge in [-0.25, -0.2) is 9.78 Å². The van der Waals surface area contributed by atoms with Crippen LogP contribution in [0.25, 0.3) is 10.4 Å². The van der Waals surface area contributed by atoms with Gasteiger partial charge >= 0.3 is 6.09 Å². The zero-order valence-electron chi connectivity index (χ0n) is 37.2. The lowest BCUT2D eigenvalue weighted by atomic mass is 9.85. The number of aliphatic hydroxyl groups is 1. The third kappa shape index (κ3) is 15.1. The first-order valence-corrected chi connectivity index (χ1v) is 22.1. The number of carbonyl (C=O) groups is 5. The number of aromatic nitrogens is 1. The van der Waals surface area contributed by atoms with Gasteiger partial charge in [-0.15, -0.1) is 11.3 Å². The van der Waals surface area contributed by atoms with Gasteiger partial charge in [0.15, 0.2) is 0 Å². The fourth-order valence-electron chi connectivity index (χ4n) is 7.29. The summed E-state index contributed by atoms with van der Waals surface area (Å²) in [6.45, 7) is 16.6. The number of primary amides is 1. The number of ether oxygens (including phenoxy) is 2. The predicted molar refractivity (Wildman–Crippen MR) is 237 cm³/mol. The van der Waals surface area contributed by atoms with Gasteiger partial charge in [0, 0.05) is 25.8 Å². The first-order valence-electron chi connectivity index (χ1n) is 21.2. The van der Waals surface area contributed by atoms with Crippen molar-refractivity contribution in [3.8, 4) is 16.2 Å². The van der Waals surface area contributed by atoms with E-state index in [2.05, 4.69) is 20.9 Å². The summed E-state index contributed by atoms with van der Waals surface area (Å²) in [4.78, 5) is 71.9. The number of nitrogens with one attached hydrogen (secondary N) is 3. The zero-order chi connectivity index (χ0) is 45.1. The van der Waals surface area contributed by atoms with Gasteiger partial charge in [0.2, 0.25) is 23.6 Å². The zero-order valence-corrected chi connectivity index (χ0v) is 38.0. The average Bonchev–Trinajstić information content (AvgIpc) is 3.79. The number of thiazole rings is 1. The topological polar surface area (TPSA) is 202 Å². The molecule has 334 valence electrons. The second-order valence-corrected chi connectivity index (χ2v) is 19.0. The Hall–Kier alpha value is -5.02. The molecule has 0 spiro atoms. The minimum absolute atomic E-state index is 0.000643. The monoisotopic (exact) mass is 862 g/mol. The van der Waals surface area contributed by atoms with E-state index in [1.807, 2.05) is 95.6 Å². The molecule has 0 saturated carbocycles. The molecule has 61 heavy (non-hydrogen) atoms. The highest BCUT2D eigenvalue weighted by Gasteiger charge is 2.44. The van der Waals surface area contributed by atoms with Crippen molar-refractivity contribution in [3.63, 3.8) is 0 Å². The van der Waals surface area contributed by atoms with Crippen LogP contribution in [0.3, 0.4) is 0 Å². The van der Waals surface area contributed by atoms with Crippen molar-refractivity contribution in [2.75, 3.05) is 6.54 Å². The molecule has 0 unspecified atom stereocenters. The van der Waals surface area contributed by atoms with Crippen molar-refractivity contribution in [2.45, 2.75) is 156 Å². The fourth-order valence-corrected chi connectivity index (χ4v) is 8.10. The number of benzene rings is 2. The van der Waals surface area contributed by atoms with Crippen LogP contribution in [-0.2, 0) is 30.3 Å². The lowest BCUT2D eigenvalue weighted by Crippen LogP contribution is -2.57. The molecule has 5 amide bonds. The maximum absolute atomic E-state index is 14.1. The number of carbonyl (C=O) groups excluding carboxylic acids is 5. The number of hydrogen-bond acceptors (Lipinski definition) is 10. The van der Waals surface area contributed by atoms with Gasteiger partial charge < -0.3 is 41.2 Å². The van der Waals surface area contributed by atoms with Crippen LogP contribution < -0.4 is 26.4 Å². The van der Waals surface area contributed by atoms with E-state index in [4.69, 9.17) is 15.2 Å². The fraction of sp³-hybridized carbons (Fsp3) is 0.565. The molecule has 0 bridgehead atoms. The largest absolute Gasteiger partial charge is 0.489 e. The molecule has 1 aliphatic rings. The molecule has 2 aromatic carbocycles. The van der Waals surface area contributed by atoms with E-state index >= 15 is 0 Å². The predicted octanol–water partition coefficient (Wildman–Crippen LogP) is 6.52. The molecule has 6 atom stereocenters. The van der Waals surface area contributed by atoms with Crippen molar-refractivity contribution in [2.24, 2.45) is 11.1 Å². The van der Waals surface area contributed by atoms with E-state index in [-0.39, 0.29) is 50.1 Å². The summed E-state index contributed by atoms with van der Waals surface area (Å²) in [7, 11) is 0. The Balaban J connectivity index is 1.27. The van der Waals surface area contributed by atoms with Crippen LogP contribution in [0.4, 0.5) is 4.79 Å². The van der Waals surface area contributed by atoms with Gasteiger partial charge in [-0.3, -0.25) is 19.2 Å². The standard InChI is InChI=1S/C46H66N6O8S/c1-28(32-18-20-33(21-19-32)40-29(2)48-27-61-40)49-42(56)37-25-34(53)26-52(37)43(57)41(45(4,5)6)51-39(55)17-12-10-11-14-31-15-13-16-35(24-31)59-30(3)36(22-23-38(47)54)50-44(58)60-46(7,8)9/h13,15-16,18-21,24,27-28,30,34,36-37,41,53H,10-12,14,17,22-23,25-26H2,1-9H3,(H2,47,54)(H,49,56)(H,50,58)(H,51,55)/t28-,30+,34+,36-,37-,41+/m0/s1. The minimum Gasteiger partial charge on any atom is -0.489 e. The summed E-state index contributed by atoms with van der Waals surface area (Å²) in [5.41, 5.74) is 9.81. The first-order chi connectivity index (χ1) is 28.6. The summed E-state index contributed by atoms with van der Waals surface area (Å²) < 4.78 is 11.6. The molecule has 0 aliphatic carbocycles. The van der Waals surface area contributed by atoms with Crippen molar-refractivity contribution in [1.29, 1.82) is 0 Å². The van der Waals surface area contributed by atoms with E-state index in [9.17, 15) is 29.1 Å². The highest BCUT2D eigenvalue weighted by Crippen LogP contribution is 2.30. The molecule has 0 radical (unpaired) electrons. The Bertz CT molecular complexity index is 1960. The quantitative estimate of drug-likeness (QED) is 0.0833. The first kappa shape index (κ1) is 48.6. The highest BCUT2D eigenvalue weighted by atomic mass is 32.1. The molecule has 6 N–H and O–H groups in total. The number of alkyl carbamates (subject to hydrolysis) is 1. The van der Waals surface area contributed by atoms with Crippen LogP contribution in [0.1, 0.15) is 123 Å². The van der Waals surface area contributed by atoms with Gasteiger partial charge in [-0.05, 0) is 101 Å². The summed E-state index contributed by atoms with van der Waals surface area (Å²) >= 11 is 1.57. The van der Waals surface area contributed by atoms with E-state index in [1.165, 1.54) is 4.90 Å². The Morgan fingerprint density at radius 1 is 0.951 bits per heavy atom. The molecule has 1 fully saturated rings. The number of hydrogen-bond donors (Lipinski definition) is 5. The van der Waals surface area contributed by atoms with Crippen LogP contribution in [0.15, 0.2) is 54.0 Å². The van der Waals surface area contributed by atoms with E-state index < -0.39 is 59.3 Å². The van der Waals surface area contributed by atoms with E-state index in [1.54, 1.807) is 32.1 Å². The average molecular weight is 863 g/mol. The van der Waals surface area contributed by atoms with Crippen LogP contribution >= 0.6 is 11.3 Å². The Labute approximate surface area is 364 Å². The van der Waals surface area contributed by atoms with Crippen molar-refractivity contribution < 1.29 is 38.6 Å². The maximum atomic E-state index is 14.1. The number of amides is 5. The SMILES string of the molecule is Cc1ncsc1-c1ccc([C@H](C)NC(=O)[C@@H]2C[C@@H](O)CN2C(=O)[C@@H](NC(=O)CCCCCc2cccc(O[C@H](C)[C@H](CCC(N)=O)NC(=O)OC(C)(C)C)c2)C(C)(C)C)cc1. The van der Waals surface area contributed by atoms with Crippen LogP contribution in [0.2, 0.25) is 0 Å². The van der Waals surface area contributed by atoms with Gasteiger partial charge in [0.1, 0.15) is 29.5 Å². The summed E-state index contributed by atoms with van der Waals surface area (Å²) in [6, 6.07) is 13.0. The van der Waals surface area contributed by atoms with Gasteiger partial charge in [-0.2, -0.15) is 0 Å². The molecular weight excluding hydrogens is 797 g/mol. The number of β-amino-alcohol motifs (C(OH)–C–C–N with tert-alkyl or cyclic N) is 1. The lowest BCUT2D eigenvalue weighted by molar-refractivity contribution is -0.144. The van der Waals surface area contributed by atoms with Crippen LogP contribution in [0.5, 0.6) is 5.75 Å². The van der Waals surface area contributed by atoms with Crippen molar-refractivity contribution >= 4 is 41.1 Å². The van der Waals surface area contributed by atoms with Gasteiger partial charge in [0.25, 0.3) is 0 Å². The van der Waals surface area contributed by atoms with Gasteiger partial charge in [0.05, 0.1) is 34.3 Å². The number of rotatable bonds is 19. The van der Waals surface area contributed by atoms with Crippen molar-refractivity contribution in [1.82, 2.24) is 25.8 Å². The normalized spacial score (nSPS) is 17.4. The minimum atomic E-state index is -0.902. The third-order valence-corrected chi connectivity index (χ3v) is 11.6.